The second-order valence-electron chi connectivity index (χ2n) is 7.34. The van der Waals surface area contributed by atoms with Crippen LogP contribution in [0.4, 0.5) is 5.82 Å². The molecule has 2 aliphatic rings. The maximum absolute atomic E-state index is 12.5. The number of rotatable bonds is 4. The first-order chi connectivity index (χ1) is 14.7. The molecule has 2 aliphatic heterocycles. The van der Waals surface area contributed by atoms with Gasteiger partial charge in [-0.25, -0.2) is 4.98 Å². The van der Waals surface area contributed by atoms with Crippen molar-refractivity contribution in [3.05, 3.63) is 82.0 Å². The molecular formula is C23H20ClN3O3. The number of hydrogen-bond donors (Lipinski definition) is 1. The number of benzene rings is 2. The minimum atomic E-state index is -0.230. The molecule has 0 spiro atoms. The number of amides is 1. The molecule has 1 aromatic heterocycles. The molecule has 7 heteroatoms. The van der Waals surface area contributed by atoms with Gasteiger partial charge < -0.3 is 19.7 Å². The third-order valence-corrected chi connectivity index (χ3v) is 5.69. The van der Waals surface area contributed by atoms with Gasteiger partial charge in [-0.05, 0) is 41.3 Å². The molecule has 0 fully saturated rings. The highest BCUT2D eigenvalue weighted by atomic mass is 35.5. The van der Waals surface area contributed by atoms with Crippen molar-refractivity contribution in [2.75, 3.05) is 18.2 Å². The Bertz CT molecular complexity index is 1100. The van der Waals surface area contributed by atoms with Crippen LogP contribution in [0.2, 0.25) is 5.02 Å². The lowest BCUT2D eigenvalue weighted by Crippen LogP contribution is -2.31. The molecule has 0 radical (unpaired) electrons. The van der Waals surface area contributed by atoms with Crippen LogP contribution in [-0.2, 0) is 19.5 Å². The molecule has 0 unspecified atom stereocenters. The minimum absolute atomic E-state index is 0.112. The molecule has 30 heavy (non-hydrogen) atoms. The average molecular weight is 422 g/mol. The predicted octanol–water partition coefficient (Wildman–Crippen LogP) is 3.96. The molecule has 152 valence electrons. The van der Waals surface area contributed by atoms with Gasteiger partial charge in [-0.2, -0.15) is 0 Å². The summed E-state index contributed by atoms with van der Waals surface area (Å²) in [5, 5.41) is 3.26. The number of halogens is 1. The highest BCUT2D eigenvalue weighted by molar-refractivity contribution is 6.32. The summed E-state index contributed by atoms with van der Waals surface area (Å²) in [4.78, 5) is 19.4. The Morgan fingerprint density at radius 1 is 1.13 bits per heavy atom. The number of pyridine rings is 1. The number of anilines is 1. The smallest absolute Gasteiger partial charge is 0.251 e. The van der Waals surface area contributed by atoms with Gasteiger partial charge in [0.25, 0.3) is 5.91 Å². The largest absolute Gasteiger partial charge is 0.454 e. The van der Waals surface area contributed by atoms with Crippen molar-refractivity contribution in [2.45, 2.75) is 19.5 Å². The van der Waals surface area contributed by atoms with Crippen molar-refractivity contribution < 1.29 is 14.3 Å². The van der Waals surface area contributed by atoms with Crippen LogP contribution in [0.3, 0.4) is 0 Å². The maximum atomic E-state index is 12.5. The van der Waals surface area contributed by atoms with E-state index in [1.165, 1.54) is 11.1 Å². The Kier molecular flexibility index (Phi) is 4.93. The molecule has 1 N–H and O–H groups in total. The predicted molar refractivity (Wildman–Crippen MR) is 114 cm³/mol. The van der Waals surface area contributed by atoms with Crippen LogP contribution >= 0.6 is 11.6 Å². The summed E-state index contributed by atoms with van der Waals surface area (Å²) in [6.45, 7) is 2.30. The van der Waals surface area contributed by atoms with E-state index in [0.29, 0.717) is 28.6 Å². The molecule has 1 amide bonds. The molecule has 2 aromatic carbocycles. The van der Waals surface area contributed by atoms with Crippen LogP contribution < -0.4 is 19.7 Å². The Morgan fingerprint density at radius 3 is 2.83 bits per heavy atom. The Morgan fingerprint density at radius 2 is 2.00 bits per heavy atom. The van der Waals surface area contributed by atoms with E-state index < -0.39 is 0 Å². The molecule has 6 nitrogen and oxygen atoms in total. The van der Waals surface area contributed by atoms with Crippen molar-refractivity contribution in [1.29, 1.82) is 0 Å². The van der Waals surface area contributed by atoms with E-state index in [-0.39, 0.29) is 12.7 Å². The van der Waals surface area contributed by atoms with E-state index in [9.17, 15) is 4.79 Å². The van der Waals surface area contributed by atoms with Crippen LogP contribution in [0, 0.1) is 0 Å². The van der Waals surface area contributed by atoms with Gasteiger partial charge >= 0.3 is 0 Å². The number of carbonyl (C=O) groups excluding carboxylic acids is 1. The normalized spacial score (nSPS) is 14.4. The fourth-order valence-corrected chi connectivity index (χ4v) is 4.05. The van der Waals surface area contributed by atoms with Crippen molar-refractivity contribution in [3.8, 4) is 11.5 Å². The molecule has 5 rings (SSSR count). The number of nitrogens with zero attached hydrogens (tertiary/aromatic N) is 2. The zero-order valence-corrected chi connectivity index (χ0v) is 17.0. The van der Waals surface area contributed by atoms with Gasteiger partial charge in [0.2, 0.25) is 6.79 Å². The molecule has 3 aromatic rings. The molecule has 0 atom stereocenters. The van der Waals surface area contributed by atoms with Crippen molar-refractivity contribution in [3.63, 3.8) is 0 Å². The van der Waals surface area contributed by atoms with E-state index in [4.69, 9.17) is 21.1 Å². The molecule has 3 heterocycles. The Balaban J connectivity index is 1.22. The van der Waals surface area contributed by atoms with Crippen LogP contribution in [-0.4, -0.2) is 24.2 Å². The first-order valence-electron chi connectivity index (χ1n) is 9.81. The minimum Gasteiger partial charge on any atom is -0.454 e. The quantitative estimate of drug-likeness (QED) is 0.691. The lowest BCUT2D eigenvalue weighted by atomic mass is 10.00. The number of aromatic nitrogens is 1. The monoisotopic (exact) mass is 421 g/mol. The number of carbonyl (C=O) groups is 1. The van der Waals surface area contributed by atoms with Gasteiger partial charge in [0, 0.05) is 31.4 Å². The molecule has 0 saturated carbocycles. The summed E-state index contributed by atoms with van der Waals surface area (Å²) in [5.41, 5.74) is 4.12. The molecular weight excluding hydrogens is 402 g/mol. The zero-order chi connectivity index (χ0) is 20.5. The summed E-state index contributed by atoms with van der Waals surface area (Å²) in [6, 6.07) is 15.8. The van der Waals surface area contributed by atoms with Gasteiger partial charge in [-0.15, -0.1) is 0 Å². The SMILES string of the molecule is O=C(NCc1ccc(N2CCc3ccccc3C2)nc1)c1cc(Cl)c2c(c1)OCO2. The highest BCUT2D eigenvalue weighted by Gasteiger charge is 2.21. The fraction of sp³-hybridized carbons (Fsp3) is 0.217. The fourth-order valence-electron chi connectivity index (χ4n) is 3.78. The Hall–Kier alpha value is -3.25. The van der Waals surface area contributed by atoms with E-state index in [1.54, 1.807) is 12.1 Å². The average Bonchev–Trinajstić information content (AvgIpc) is 3.27. The lowest BCUT2D eigenvalue weighted by molar-refractivity contribution is 0.0950. The van der Waals surface area contributed by atoms with Crippen molar-refractivity contribution in [2.24, 2.45) is 0 Å². The summed E-state index contributed by atoms with van der Waals surface area (Å²) < 4.78 is 10.6. The van der Waals surface area contributed by atoms with Gasteiger partial charge in [-0.1, -0.05) is 41.9 Å². The maximum Gasteiger partial charge on any atom is 0.251 e. The van der Waals surface area contributed by atoms with E-state index in [0.717, 1.165) is 30.9 Å². The number of ether oxygens (including phenoxy) is 2. The summed E-state index contributed by atoms with van der Waals surface area (Å²) in [6.07, 6.45) is 2.83. The lowest BCUT2D eigenvalue weighted by Gasteiger charge is -2.29. The van der Waals surface area contributed by atoms with Crippen LogP contribution in [0.1, 0.15) is 27.0 Å². The number of hydrogen-bond acceptors (Lipinski definition) is 5. The van der Waals surface area contributed by atoms with Crippen LogP contribution in [0.5, 0.6) is 11.5 Å². The Labute approximate surface area is 179 Å². The van der Waals surface area contributed by atoms with Crippen LogP contribution in [0.15, 0.2) is 54.7 Å². The molecule has 0 saturated heterocycles. The number of fused-ring (bicyclic) bond motifs is 2. The highest BCUT2D eigenvalue weighted by Crippen LogP contribution is 2.39. The first-order valence-corrected chi connectivity index (χ1v) is 10.2. The summed E-state index contributed by atoms with van der Waals surface area (Å²) >= 11 is 6.16. The first kappa shape index (κ1) is 18.8. The van der Waals surface area contributed by atoms with Crippen molar-refractivity contribution >= 4 is 23.3 Å². The van der Waals surface area contributed by atoms with Gasteiger partial charge in [0.15, 0.2) is 11.5 Å². The van der Waals surface area contributed by atoms with Crippen molar-refractivity contribution in [1.82, 2.24) is 10.3 Å². The summed E-state index contributed by atoms with van der Waals surface area (Å²) in [5.74, 6) is 1.68. The molecule has 0 bridgehead atoms. The summed E-state index contributed by atoms with van der Waals surface area (Å²) in [7, 11) is 0. The van der Waals surface area contributed by atoms with Gasteiger partial charge in [0.1, 0.15) is 5.82 Å². The van der Waals surface area contributed by atoms with E-state index >= 15 is 0 Å². The standard InChI is InChI=1S/C23H20ClN3O3/c24-19-9-18(10-20-22(19)30-14-29-20)23(28)26-12-15-5-6-21(25-11-15)27-8-7-16-3-1-2-4-17(16)13-27/h1-6,9-11H,7-8,12-14H2,(H,26,28). The number of nitrogens with one attached hydrogen (secondary N) is 1. The van der Waals surface area contributed by atoms with Crippen LogP contribution in [0.25, 0.3) is 0 Å². The van der Waals surface area contributed by atoms with Gasteiger partial charge in [-0.3, -0.25) is 4.79 Å². The third-order valence-electron chi connectivity index (χ3n) is 5.41. The third kappa shape index (κ3) is 3.66. The van der Waals surface area contributed by atoms with Gasteiger partial charge in [0.05, 0.1) is 5.02 Å². The van der Waals surface area contributed by atoms with E-state index in [2.05, 4.69) is 39.5 Å². The van der Waals surface area contributed by atoms with E-state index in [1.807, 2.05) is 18.3 Å². The zero-order valence-electron chi connectivity index (χ0n) is 16.2. The second-order valence-corrected chi connectivity index (χ2v) is 7.75. The molecule has 0 aliphatic carbocycles. The topological polar surface area (TPSA) is 63.7 Å². The second kappa shape index (κ2) is 7.88.